The van der Waals surface area contributed by atoms with E-state index in [9.17, 15) is 18.0 Å². The smallest absolute Gasteiger partial charge is 0.342 e. The van der Waals surface area contributed by atoms with E-state index in [1.165, 1.54) is 40.1 Å². The molecule has 0 aliphatic carbocycles. The Morgan fingerprint density at radius 1 is 1.09 bits per heavy atom. The fourth-order valence-corrected chi connectivity index (χ4v) is 5.74. The molecule has 0 bridgehead atoms. The number of rotatable bonds is 6. The molecule has 3 aromatic rings. The molecule has 0 saturated carbocycles. The number of halogens is 1. The minimum atomic E-state index is -3.76. The summed E-state index contributed by atoms with van der Waals surface area (Å²) >= 11 is 3.31. The second-order valence-electron chi connectivity index (χ2n) is 7.92. The van der Waals surface area contributed by atoms with Crippen LogP contribution in [0.15, 0.2) is 56.8 Å². The molecule has 0 unspecified atom stereocenters. The Bertz CT molecular complexity index is 1380. The molecule has 1 aromatic carbocycles. The summed E-state index contributed by atoms with van der Waals surface area (Å²) in [5.41, 5.74) is 0.346. The Kier molecular flexibility index (Phi) is 7.34. The zero-order valence-corrected chi connectivity index (χ0v) is 21.0. The molecular formula is C23H24BrN3O6S. The lowest BCUT2D eigenvalue weighted by atomic mass is 10.2. The highest BCUT2D eigenvalue weighted by atomic mass is 79.9. The van der Waals surface area contributed by atoms with Gasteiger partial charge in [0.1, 0.15) is 23.6 Å². The number of ether oxygens (including phenoxy) is 2. The van der Waals surface area contributed by atoms with E-state index in [-0.39, 0.29) is 34.1 Å². The SMILES string of the molecule is COc1ccc(S(=O)(=O)N2CCCCCC2)cc1C(=O)OCc1cc(=O)n2cc(Br)ccc2n1. The summed E-state index contributed by atoms with van der Waals surface area (Å²) in [6.07, 6.45) is 5.20. The van der Waals surface area contributed by atoms with Crippen molar-refractivity contribution in [1.29, 1.82) is 0 Å². The van der Waals surface area contributed by atoms with E-state index in [4.69, 9.17) is 9.47 Å². The summed E-state index contributed by atoms with van der Waals surface area (Å²) in [6.45, 7) is 0.647. The molecule has 1 fully saturated rings. The number of sulfonamides is 1. The maximum absolute atomic E-state index is 13.2. The van der Waals surface area contributed by atoms with Gasteiger partial charge in [-0.25, -0.2) is 18.2 Å². The fourth-order valence-electron chi connectivity index (χ4n) is 3.86. The van der Waals surface area contributed by atoms with Gasteiger partial charge in [0.25, 0.3) is 5.56 Å². The van der Waals surface area contributed by atoms with Gasteiger partial charge in [0.15, 0.2) is 0 Å². The number of esters is 1. The summed E-state index contributed by atoms with van der Waals surface area (Å²) in [5, 5.41) is 0. The number of methoxy groups -OCH3 is 1. The van der Waals surface area contributed by atoms with E-state index in [1.54, 1.807) is 18.3 Å². The summed E-state index contributed by atoms with van der Waals surface area (Å²) in [6, 6.07) is 8.85. The first-order chi connectivity index (χ1) is 16.3. The fraction of sp³-hybridized carbons (Fsp3) is 0.348. The number of pyridine rings is 1. The highest BCUT2D eigenvalue weighted by Gasteiger charge is 2.27. The summed E-state index contributed by atoms with van der Waals surface area (Å²) in [4.78, 5) is 29.6. The Morgan fingerprint density at radius 2 is 1.82 bits per heavy atom. The number of fused-ring (bicyclic) bond motifs is 1. The lowest BCUT2D eigenvalue weighted by molar-refractivity contribution is 0.0463. The molecule has 3 heterocycles. The van der Waals surface area contributed by atoms with Crippen LogP contribution in [0, 0.1) is 0 Å². The van der Waals surface area contributed by atoms with Crippen molar-refractivity contribution in [3.63, 3.8) is 0 Å². The van der Waals surface area contributed by atoms with Crippen LogP contribution in [0.25, 0.3) is 5.65 Å². The molecule has 0 spiro atoms. The number of hydrogen-bond donors (Lipinski definition) is 0. The highest BCUT2D eigenvalue weighted by Crippen LogP contribution is 2.27. The number of nitrogens with zero attached hydrogens (tertiary/aromatic N) is 3. The molecular weight excluding hydrogens is 526 g/mol. The maximum Gasteiger partial charge on any atom is 0.342 e. The first kappa shape index (κ1) is 24.4. The van der Waals surface area contributed by atoms with Crippen LogP contribution in [0.3, 0.4) is 0 Å². The van der Waals surface area contributed by atoms with E-state index in [2.05, 4.69) is 20.9 Å². The zero-order valence-electron chi connectivity index (χ0n) is 18.6. The monoisotopic (exact) mass is 549 g/mol. The van der Waals surface area contributed by atoms with Gasteiger partial charge < -0.3 is 9.47 Å². The second kappa shape index (κ2) is 10.2. The molecule has 1 saturated heterocycles. The van der Waals surface area contributed by atoms with Gasteiger partial charge in [-0.15, -0.1) is 0 Å². The van der Waals surface area contributed by atoms with Crippen LogP contribution in [0.4, 0.5) is 0 Å². The standard InChI is InChI=1S/C23H24BrN3O6S/c1-32-20-8-7-18(34(30,31)26-10-4-2-3-5-11-26)13-19(20)23(29)33-15-17-12-22(28)27-14-16(24)6-9-21(27)25-17/h6-9,12-14H,2-5,10-11,15H2,1H3. The molecule has 0 atom stereocenters. The van der Waals surface area contributed by atoms with Crippen LogP contribution in [-0.2, 0) is 21.4 Å². The largest absolute Gasteiger partial charge is 0.496 e. The molecule has 0 N–H and O–H groups in total. The van der Waals surface area contributed by atoms with Gasteiger partial charge in [0, 0.05) is 29.8 Å². The third kappa shape index (κ3) is 5.16. The Balaban J connectivity index is 1.57. The molecule has 1 aliphatic rings. The summed E-state index contributed by atoms with van der Waals surface area (Å²) < 4.78 is 40.5. The van der Waals surface area contributed by atoms with Gasteiger partial charge >= 0.3 is 5.97 Å². The molecule has 180 valence electrons. The number of carbonyl (C=O) groups is 1. The lowest BCUT2D eigenvalue weighted by Crippen LogP contribution is -2.32. The quantitative estimate of drug-likeness (QED) is 0.433. The Labute approximate surface area is 205 Å². The second-order valence-corrected chi connectivity index (χ2v) is 10.8. The van der Waals surface area contributed by atoms with Crippen LogP contribution in [0.2, 0.25) is 0 Å². The van der Waals surface area contributed by atoms with Gasteiger partial charge in [-0.1, -0.05) is 12.8 Å². The molecule has 9 nitrogen and oxygen atoms in total. The van der Waals surface area contributed by atoms with Gasteiger partial charge in [-0.2, -0.15) is 4.31 Å². The predicted octanol–water partition coefficient (Wildman–Crippen LogP) is 3.39. The summed E-state index contributed by atoms with van der Waals surface area (Å²) in [7, 11) is -2.37. The van der Waals surface area contributed by atoms with Gasteiger partial charge in [0.05, 0.1) is 17.7 Å². The lowest BCUT2D eigenvalue weighted by Gasteiger charge is -2.20. The van der Waals surface area contributed by atoms with Crippen LogP contribution < -0.4 is 10.3 Å². The molecule has 1 aliphatic heterocycles. The number of carbonyl (C=O) groups excluding carboxylic acids is 1. The minimum absolute atomic E-state index is 0.00908. The van der Waals surface area contributed by atoms with E-state index in [1.807, 2.05) is 0 Å². The van der Waals surface area contributed by atoms with Gasteiger partial charge in [-0.05, 0) is 59.1 Å². The Hall–Kier alpha value is -2.76. The van der Waals surface area contributed by atoms with Crippen molar-refractivity contribution >= 4 is 37.6 Å². The minimum Gasteiger partial charge on any atom is -0.496 e. The van der Waals surface area contributed by atoms with Gasteiger partial charge in [-0.3, -0.25) is 9.20 Å². The summed E-state index contributed by atoms with van der Waals surface area (Å²) in [5.74, 6) is -0.584. The van der Waals surface area contributed by atoms with Crippen LogP contribution in [0.1, 0.15) is 41.7 Å². The van der Waals surface area contributed by atoms with Crippen molar-refractivity contribution in [1.82, 2.24) is 13.7 Å². The highest BCUT2D eigenvalue weighted by molar-refractivity contribution is 9.10. The van der Waals surface area contributed by atoms with Crippen molar-refractivity contribution in [2.24, 2.45) is 0 Å². The van der Waals surface area contributed by atoms with Crippen molar-refractivity contribution in [3.05, 3.63) is 68.7 Å². The molecule has 34 heavy (non-hydrogen) atoms. The van der Waals surface area contributed by atoms with Crippen molar-refractivity contribution in [3.8, 4) is 5.75 Å². The number of hydrogen-bond acceptors (Lipinski definition) is 7. The third-order valence-electron chi connectivity index (χ3n) is 5.62. The predicted molar refractivity (Wildman–Crippen MR) is 129 cm³/mol. The van der Waals surface area contributed by atoms with Crippen LogP contribution in [0.5, 0.6) is 5.75 Å². The van der Waals surface area contributed by atoms with Crippen LogP contribution >= 0.6 is 15.9 Å². The number of aromatic nitrogens is 2. The normalized spacial score (nSPS) is 15.1. The molecule has 0 amide bonds. The van der Waals surface area contributed by atoms with Crippen molar-refractivity contribution < 1.29 is 22.7 Å². The molecule has 0 radical (unpaired) electrons. The van der Waals surface area contributed by atoms with Gasteiger partial charge in [0.2, 0.25) is 10.0 Å². The van der Waals surface area contributed by atoms with E-state index in [0.717, 1.165) is 30.2 Å². The van der Waals surface area contributed by atoms with Crippen LogP contribution in [-0.4, -0.2) is 48.3 Å². The third-order valence-corrected chi connectivity index (χ3v) is 7.99. The first-order valence-corrected chi connectivity index (χ1v) is 13.1. The topological polar surface area (TPSA) is 107 Å². The van der Waals surface area contributed by atoms with E-state index in [0.29, 0.717) is 18.7 Å². The maximum atomic E-state index is 13.2. The Morgan fingerprint density at radius 3 is 2.53 bits per heavy atom. The van der Waals surface area contributed by atoms with E-state index < -0.39 is 16.0 Å². The van der Waals surface area contributed by atoms with Crippen molar-refractivity contribution in [2.45, 2.75) is 37.2 Å². The van der Waals surface area contributed by atoms with Crippen molar-refractivity contribution in [2.75, 3.05) is 20.2 Å². The average molecular weight is 550 g/mol. The van der Waals surface area contributed by atoms with E-state index >= 15 is 0 Å². The molecule has 11 heteroatoms. The average Bonchev–Trinajstić information content (AvgIpc) is 3.13. The molecule has 4 rings (SSSR count). The first-order valence-electron chi connectivity index (χ1n) is 10.8. The zero-order chi connectivity index (χ0) is 24.3. The number of benzene rings is 1. The molecule has 2 aromatic heterocycles.